The number of hydrogen-bond acceptors (Lipinski definition) is 4. The molecular weight excluding hydrogens is 160 g/mol. The van der Waals surface area contributed by atoms with Gasteiger partial charge in [0.1, 0.15) is 6.10 Å². The summed E-state index contributed by atoms with van der Waals surface area (Å²) in [7, 11) is 1.52. The van der Waals surface area contributed by atoms with E-state index in [-0.39, 0.29) is 6.61 Å². The predicted octanol–water partition coefficient (Wildman–Crippen LogP) is -1.38. The van der Waals surface area contributed by atoms with Gasteiger partial charge in [-0.05, 0) is 0 Å². The van der Waals surface area contributed by atoms with Gasteiger partial charge in [0.25, 0.3) is 5.91 Å². The standard InChI is InChI=1S/C7H16N2O3/c1-7(2,4-10)5(11)6(12)9-8-3/h5,8,10-11H,4H2,1-3H3,(H,9,12)/t5-/m0/s1. The number of hydrazine groups is 1. The van der Waals surface area contributed by atoms with Gasteiger partial charge in [0.15, 0.2) is 0 Å². The molecule has 4 N–H and O–H groups in total. The molecule has 0 aliphatic heterocycles. The van der Waals surface area contributed by atoms with Gasteiger partial charge in [0.05, 0.1) is 6.61 Å². The molecule has 0 fully saturated rings. The number of aliphatic hydroxyl groups is 2. The second-order valence-electron chi connectivity index (χ2n) is 3.29. The summed E-state index contributed by atoms with van der Waals surface area (Å²) in [6.07, 6.45) is -1.21. The number of nitrogens with one attached hydrogen (secondary N) is 2. The average molecular weight is 176 g/mol. The molecule has 1 amide bonds. The molecule has 72 valence electrons. The predicted molar refractivity (Wildman–Crippen MR) is 44.1 cm³/mol. The van der Waals surface area contributed by atoms with Gasteiger partial charge in [-0.15, -0.1) is 0 Å². The number of carbonyl (C=O) groups is 1. The Balaban J connectivity index is 4.17. The third kappa shape index (κ3) is 2.77. The van der Waals surface area contributed by atoms with Gasteiger partial charge < -0.3 is 10.2 Å². The quantitative estimate of drug-likeness (QED) is 0.398. The van der Waals surface area contributed by atoms with Gasteiger partial charge in [-0.25, -0.2) is 5.43 Å². The lowest BCUT2D eigenvalue weighted by Crippen LogP contribution is -2.49. The smallest absolute Gasteiger partial charge is 0.263 e. The van der Waals surface area contributed by atoms with Crippen LogP contribution in [-0.4, -0.2) is 35.9 Å². The molecule has 0 aromatic carbocycles. The highest BCUT2D eigenvalue weighted by Gasteiger charge is 2.32. The third-order valence-corrected chi connectivity index (χ3v) is 1.64. The zero-order valence-electron chi connectivity index (χ0n) is 7.59. The van der Waals surface area contributed by atoms with Gasteiger partial charge >= 0.3 is 0 Å². The van der Waals surface area contributed by atoms with E-state index >= 15 is 0 Å². The molecule has 5 heteroatoms. The zero-order chi connectivity index (χ0) is 9.78. The Labute approximate surface area is 71.7 Å². The highest BCUT2D eigenvalue weighted by Crippen LogP contribution is 2.19. The van der Waals surface area contributed by atoms with Crippen molar-refractivity contribution in [3.63, 3.8) is 0 Å². The molecule has 0 saturated carbocycles. The van der Waals surface area contributed by atoms with E-state index < -0.39 is 17.4 Å². The Bertz CT molecular complexity index is 159. The molecule has 5 nitrogen and oxygen atoms in total. The normalized spacial score (nSPS) is 14.1. The summed E-state index contributed by atoms with van der Waals surface area (Å²) in [5.41, 5.74) is 3.82. The van der Waals surface area contributed by atoms with E-state index in [1.165, 1.54) is 7.05 Å². The summed E-state index contributed by atoms with van der Waals surface area (Å²) in [4.78, 5) is 11.0. The Hall–Kier alpha value is -0.650. The topological polar surface area (TPSA) is 81.6 Å². The van der Waals surface area contributed by atoms with Crippen molar-refractivity contribution < 1.29 is 15.0 Å². The van der Waals surface area contributed by atoms with Crippen LogP contribution in [0.3, 0.4) is 0 Å². The summed E-state index contributed by atoms with van der Waals surface area (Å²) >= 11 is 0. The molecule has 0 spiro atoms. The minimum atomic E-state index is -1.21. The first-order valence-electron chi connectivity index (χ1n) is 3.71. The summed E-state index contributed by atoms with van der Waals surface area (Å²) in [5.74, 6) is -0.545. The van der Waals surface area contributed by atoms with Crippen LogP contribution < -0.4 is 10.9 Å². The van der Waals surface area contributed by atoms with Crippen LogP contribution in [-0.2, 0) is 4.79 Å². The van der Waals surface area contributed by atoms with Gasteiger partial charge in [0, 0.05) is 12.5 Å². The Morgan fingerprint density at radius 2 is 2.08 bits per heavy atom. The molecule has 0 aliphatic rings. The van der Waals surface area contributed by atoms with Crippen LogP contribution in [0.25, 0.3) is 0 Å². The van der Waals surface area contributed by atoms with Crippen molar-refractivity contribution in [2.24, 2.45) is 5.41 Å². The molecule has 0 rings (SSSR count). The Kier molecular flexibility index (Phi) is 4.16. The molecule has 0 aromatic rings. The van der Waals surface area contributed by atoms with E-state index in [2.05, 4.69) is 10.9 Å². The maximum Gasteiger partial charge on any atom is 0.263 e. The van der Waals surface area contributed by atoms with Crippen LogP contribution in [0.2, 0.25) is 0 Å². The molecule has 0 aliphatic carbocycles. The van der Waals surface area contributed by atoms with Gasteiger partial charge in [0.2, 0.25) is 0 Å². The molecule has 0 aromatic heterocycles. The van der Waals surface area contributed by atoms with Crippen LogP contribution in [0.4, 0.5) is 0 Å². The maximum atomic E-state index is 11.0. The second-order valence-corrected chi connectivity index (χ2v) is 3.29. The van der Waals surface area contributed by atoms with Gasteiger partial charge in [-0.1, -0.05) is 13.8 Å². The summed E-state index contributed by atoms with van der Waals surface area (Å²) in [6.45, 7) is 2.96. The lowest BCUT2D eigenvalue weighted by Gasteiger charge is -2.26. The van der Waals surface area contributed by atoms with Crippen molar-refractivity contribution in [1.29, 1.82) is 0 Å². The Morgan fingerprint density at radius 1 is 1.58 bits per heavy atom. The van der Waals surface area contributed by atoms with Crippen LogP contribution in [0, 0.1) is 5.41 Å². The SMILES string of the molecule is CNNC(=O)[C@H](O)C(C)(C)CO. The minimum Gasteiger partial charge on any atom is -0.396 e. The highest BCUT2D eigenvalue weighted by atomic mass is 16.3. The van der Waals surface area contributed by atoms with Crippen molar-refractivity contribution in [2.45, 2.75) is 20.0 Å². The minimum absolute atomic E-state index is 0.245. The highest BCUT2D eigenvalue weighted by molar-refractivity contribution is 5.80. The maximum absolute atomic E-state index is 11.0. The van der Waals surface area contributed by atoms with E-state index in [1.807, 2.05) is 0 Å². The van der Waals surface area contributed by atoms with Gasteiger partial charge in [-0.3, -0.25) is 10.2 Å². The van der Waals surface area contributed by atoms with Crippen LogP contribution in [0.5, 0.6) is 0 Å². The van der Waals surface area contributed by atoms with E-state index in [0.29, 0.717) is 0 Å². The van der Waals surface area contributed by atoms with E-state index in [4.69, 9.17) is 5.11 Å². The molecule has 0 bridgehead atoms. The van der Waals surface area contributed by atoms with Crippen LogP contribution >= 0.6 is 0 Å². The summed E-state index contributed by atoms with van der Waals surface area (Å²) in [6, 6.07) is 0. The molecule has 12 heavy (non-hydrogen) atoms. The van der Waals surface area contributed by atoms with E-state index in [9.17, 15) is 9.90 Å². The van der Waals surface area contributed by atoms with E-state index in [1.54, 1.807) is 13.8 Å². The molecular formula is C7H16N2O3. The number of hydrogen-bond donors (Lipinski definition) is 4. The Morgan fingerprint density at radius 3 is 2.42 bits per heavy atom. The lowest BCUT2D eigenvalue weighted by molar-refractivity contribution is -0.138. The molecule has 0 unspecified atom stereocenters. The molecule has 0 saturated heterocycles. The number of aliphatic hydroxyl groups excluding tert-OH is 2. The lowest BCUT2D eigenvalue weighted by atomic mass is 9.87. The number of rotatable bonds is 4. The molecule has 0 radical (unpaired) electrons. The van der Waals surface area contributed by atoms with Crippen LogP contribution in [0.15, 0.2) is 0 Å². The first kappa shape index (κ1) is 11.4. The fourth-order valence-corrected chi connectivity index (χ4v) is 0.633. The summed E-state index contributed by atoms with van der Waals surface area (Å²) < 4.78 is 0. The van der Waals surface area contributed by atoms with Crippen molar-refractivity contribution in [2.75, 3.05) is 13.7 Å². The average Bonchev–Trinajstić information content (AvgIpc) is 2.03. The van der Waals surface area contributed by atoms with Crippen LogP contribution in [0.1, 0.15) is 13.8 Å². The fraction of sp³-hybridized carbons (Fsp3) is 0.857. The number of carbonyl (C=O) groups excluding carboxylic acids is 1. The van der Waals surface area contributed by atoms with E-state index in [0.717, 1.165) is 0 Å². The molecule has 1 atom stereocenters. The second kappa shape index (κ2) is 4.39. The van der Waals surface area contributed by atoms with Gasteiger partial charge in [-0.2, -0.15) is 0 Å². The van der Waals surface area contributed by atoms with Crippen molar-refractivity contribution in [1.82, 2.24) is 10.9 Å². The first-order chi connectivity index (χ1) is 5.45. The van der Waals surface area contributed by atoms with Crippen molar-refractivity contribution in [3.8, 4) is 0 Å². The summed E-state index contributed by atoms with van der Waals surface area (Å²) in [5, 5.41) is 18.2. The van der Waals surface area contributed by atoms with Crippen molar-refractivity contribution >= 4 is 5.91 Å². The molecule has 0 heterocycles. The first-order valence-corrected chi connectivity index (χ1v) is 3.71. The fourth-order valence-electron chi connectivity index (χ4n) is 0.633. The number of amides is 1. The monoisotopic (exact) mass is 176 g/mol. The third-order valence-electron chi connectivity index (χ3n) is 1.64. The largest absolute Gasteiger partial charge is 0.396 e. The van der Waals surface area contributed by atoms with Crippen molar-refractivity contribution in [3.05, 3.63) is 0 Å². The zero-order valence-corrected chi connectivity index (χ0v) is 7.59.